The molecule has 0 spiro atoms. The second-order valence-electron chi connectivity index (χ2n) is 4.79. The fourth-order valence-electron chi connectivity index (χ4n) is 1.34. The van der Waals surface area contributed by atoms with E-state index in [9.17, 15) is 0 Å². The molecular formula is C13H14BrNS. The third kappa shape index (κ3) is 2.53. The molecule has 0 fully saturated rings. The highest BCUT2D eigenvalue weighted by molar-refractivity contribution is 9.10. The Balaban J connectivity index is 2.35. The lowest BCUT2D eigenvalue weighted by molar-refractivity contribution is 0.573. The first-order valence-electron chi connectivity index (χ1n) is 5.19. The molecule has 0 aliphatic carbocycles. The van der Waals surface area contributed by atoms with Gasteiger partial charge in [-0.2, -0.15) is 0 Å². The molecule has 0 saturated carbocycles. The molecule has 0 radical (unpaired) electrons. The highest BCUT2D eigenvalue weighted by atomic mass is 79.9. The van der Waals surface area contributed by atoms with Crippen LogP contribution in [-0.4, -0.2) is 4.98 Å². The van der Waals surface area contributed by atoms with Crippen LogP contribution in [0.1, 0.15) is 26.5 Å². The van der Waals surface area contributed by atoms with Crippen molar-refractivity contribution in [3.05, 3.63) is 39.8 Å². The van der Waals surface area contributed by atoms with Gasteiger partial charge in [-0.05, 0) is 12.1 Å². The van der Waals surface area contributed by atoms with Crippen molar-refractivity contribution in [2.45, 2.75) is 26.2 Å². The maximum atomic E-state index is 4.68. The highest BCUT2D eigenvalue weighted by Crippen LogP contribution is 2.30. The van der Waals surface area contributed by atoms with E-state index in [1.807, 2.05) is 12.1 Å². The summed E-state index contributed by atoms with van der Waals surface area (Å²) in [5.74, 6) is 0. The summed E-state index contributed by atoms with van der Waals surface area (Å²) in [4.78, 5) is 4.68. The molecule has 84 valence electrons. The fraction of sp³-hybridized carbons (Fsp3) is 0.308. The Kier molecular flexibility index (Phi) is 3.17. The van der Waals surface area contributed by atoms with Gasteiger partial charge < -0.3 is 0 Å². The number of rotatable bonds is 1. The summed E-state index contributed by atoms with van der Waals surface area (Å²) in [5.41, 5.74) is 2.48. The summed E-state index contributed by atoms with van der Waals surface area (Å²) >= 11 is 5.15. The van der Waals surface area contributed by atoms with Gasteiger partial charge in [-0.15, -0.1) is 11.3 Å². The van der Waals surface area contributed by atoms with Gasteiger partial charge in [0.1, 0.15) is 5.01 Å². The van der Waals surface area contributed by atoms with Gasteiger partial charge >= 0.3 is 0 Å². The van der Waals surface area contributed by atoms with E-state index in [2.05, 4.69) is 59.2 Å². The first-order chi connectivity index (χ1) is 7.47. The molecule has 0 unspecified atom stereocenters. The summed E-state index contributed by atoms with van der Waals surface area (Å²) in [7, 11) is 0. The zero-order valence-corrected chi connectivity index (χ0v) is 12.0. The molecule has 2 rings (SSSR count). The summed E-state index contributed by atoms with van der Waals surface area (Å²) in [5, 5.41) is 3.25. The zero-order valence-electron chi connectivity index (χ0n) is 9.62. The third-order valence-corrected chi connectivity index (χ3v) is 3.78. The van der Waals surface area contributed by atoms with Gasteiger partial charge in [-0.25, -0.2) is 4.98 Å². The topological polar surface area (TPSA) is 12.9 Å². The van der Waals surface area contributed by atoms with E-state index in [4.69, 9.17) is 0 Å². The number of aromatic nitrogens is 1. The van der Waals surface area contributed by atoms with Crippen molar-refractivity contribution >= 4 is 27.3 Å². The van der Waals surface area contributed by atoms with Crippen LogP contribution >= 0.6 is 27.3 Å². The molecule has 1 nitrogen and oxygen atoms in total. The monoisotopic (exact) mass is 295 g/mol. The molecule has 1 aromatic carbocycles. The molecular weight excluding hydrogens is 282 g/mol. The molecule has 16 heavy (non-hydrogen) atoms. The molecule has 0 bridgehead atoms. The van der Waals surface area contributed by atoms with E-state index in [-0.39, 0.29) is 5.41 Å². The highest BCUT2D eigenvalue weighted by Gasteiger charge is 2.17. The lowest BCUT2D eigenvalue weighted by Crippen LogP contribution is -2.11. The molecule has 0 N–H and O–H groups in total. The smallest absolute Gasteiger partial charge is 0.123 e. The Morgan fingerprint density at radius 1 is 1.12 bits per heavy atom. The molecule has 3 heteroatoms. The maximum Gasteiger partial charge on any atom is 0.123 e. The van der Waals surface area contributed by atoms with E-state index < -0.39 is 0 Å². The number of hydrogen-bond donors (Lipinski definition) is 0. The lowest BCUT2D eigenvalue weighted by Gasteiger charge is -2.14. The number of benzene rings is 1. The third-order valence-electron chi connectivity index (χ3n) is 2.36. The summed E-state index contributed by atoms with van der Waals surface area (Å²) in [6, 6.07) is 8.28. The Bertz CT molecular complexity index is 479. The van der Waals surface area contributed by atoms with Crippen LogP contribution in [0.25, 0.3) is 10.6 Å². The van der Waals surface area contributed by atoms with Crippen LogP contribution in [0.4, 0.5) is 0 Å². The van der Waals surface area contributed by atoms with Gasteiger partial charge in [0.2, 0.25) is 0 Å². The number of nitrogens with zero attached hydrogens (tertiary/aromatic N) is 1. The average Bonchev–Trinajstić information content (AvgIpc) is 2.67. The van der Waals surface area contributed by atoms with Gasteiger partial charge in [0.15, 0.2) is 0 Å². The SMILES string of the molecule is CC(C)(C)c1csc(-c2ccc(Br)cc2)n1. The molecule has 0 saturated heterocycles. The first-order valence-corrected chi connectivity index (χ1v) is 6.86. The number of thiazole rings is 1. The number of halogens is 1. The van der Waals surface area contributed by atoms with Gasteiger partial charge in [0.25, 0.3) is 0 Å². The number of hydrogen-bond acceptors (Lipinski definition) is 2. The maximum absolute atomic E-state index is 4.68. The molecule has 1 heterocycles. The predicted molar refractivity (Wildman–Crippen MR) is 74.0 cm³/mol. The van der Waals surface area contributed by atoms with Crippen LogP contribution in [0.2, 0.25) is 0 Å². The van der Waals surface area contributed by atoms with E-state index in [0.717, 1.165) is 15.2 Å². The van der Waals surface area contributed by atoms with E-state index in [1.54, 1.807) is 11.3 Å². The van der Waals surface area contributed by atoms with E-state index >= 15 is 0 Å². The fourth-order valence-corrected chi connectivity index (χ4v) is 2.66. The van der Waals surface area contributed by atoms with Gasteiger partial charge in [0, 0.05) is 20.8 Å². The lowest BCUT2D eigenvalue weighted by atomic mass is 9.93. The van der Waals surface area contributed by atoms with Crippen LogP contribution in [0.5, 0.6) is 0 Å². The predicted octanol–water partition coefficient (Wildman–Crippen LogP) is 4.87. The molecule has 0 atom stereocenters. The summed E-state index contributed by atoms with van der Waals surface area (Å²) < 4.78 is 1.10. The van der Waals surface area contributed by atoms with Crippen molar-refractivity contribution in [2.24, 2.45) is 0 Å². The molecule has 0 aliphatic rings. The van der Waals surface area contributed by atoms with Crippen LogP contribution in [0.15, 0.2) is 34.1 Å². The minimum atomic E-state index is 0.129. The Hall–Kier alpha value is -0.670. The van der Waals surface area contributed by atoms with Crippen LogP contribution in [0, 0.1) is 0 Å². The second-order valence-corrected chi connectivity index (χ2v) is 6.57. The second kappa shape index (κ2) is 4.30. The Labute approximate surface area is 109 Å². The van der Waals surface area contributed by atoms with Crippen molar-refractivity contribution < 1.29 is 0 Å². The van der Waals surface area contributed by atoms with Crippen LogP contribution in [0.3, 0.4) is 0 Å². The van der Waals surface area contributed by atoms with Crippen molar-refractivity contribution in [2.75, 3.05) is 0 Å². The summed E-state index contributed by atoms with van der Waals surface area (Å²) in [6.07, 6.45) is 0. The van der Waals surface area contributed by atoms with Crippen LogP contribution in [-0.2, 0) is 5.41 Å². The summed E-state index contributed by atoms with van der Waals surface area (Å²) in [6.45, 7) is 6.56. The minimum absolute atomic E-state index is 0.129. The quantitative estimate of drug-likeness (QED) is 0.731. The van der Waals surface area contributed by atoms with Gasteiger partial charge in [-0.3, -0.25) is 0 Å². The average molecular weight is 296 g/mol. The first kappa shape index (κ1) is 11.8. The van der Waals surface area contributed by atoms with Crippen LogP contribution < -0.4 is 0 Å². The van der Waals surface area contributed by atoms with Crippen molar-refractivity contribution in [1.29, 1.82) is 0 Å². The standard InChI is InChI=1S/C13H14BrNS/c1-13(2,3)11-8-16-12(15-11)9-4-6-10(14)7-5-9/h4-8H,1-3H3. The normalized spacial score (nSPS) is 11.8. The van der Waals surface area contributed by atoms with Gasteiger partial charge in [0.05, 0.1) is 5.69 Å². The van der Waals surface area contributed by atoms with Crippen molar-refractivity contribution in [1.82, 2.24) is 4.98 Å². The van der Waals surface area contributed by atoms with Crippen molar-refractivity contribution in [3.8, 4) is 10.6 Å². The molecule has 2 aromatic rings. The largest absolute Gasteiger partial charge is 0.241 e. The van der Waals surface area contributed by atoms with Crippen molar-refractivity contribution in [3.63, 3.8) is 0 Å². The molecule has 0 aliphatic heterocycles. The van der Waals surface area contributed by atoms with E-state index in [0.29, 0.717) is 0 Å². The molecule has 1 aromatic heterocycles. The Morgan fingerprint density at radius 3 is 2.25 bits per heavy atom. The van der Waals surface area contributed by atoms with Gasteiger partial charge in [-0.1, -0.05) is 48.8 Å². The zero-order chi connectivity index (χ0) is 11.8. The van der Waals surface area contributed by atoms with E-state index in [1.165, 1.54) is 5.56 Å². The Morgan fingerprint density at radius 2 is 1.75 bits per heavy atom. The molecule has 0 amide bonds. The minimum Gasteiger partial charge on any atom is -0.241 e.